The number of aliphatic imine (C=N–C) groups is 1. The summed E-state index contributed by atoms with van der Waals surface area (Å²) < 4.78 is 0. The first kappa shape index (κ1) is 21.5. The minimum Gasteiger partial charge on any atom is -0.363 e. The number of hydrogen-bond acceptors (Lipinski definition) is 3. The van der Waals surface area contributed by atoms with Crippen LogP contribution < -0.4 is 15.5 Å². The third-order valence-corrected chi connectivity index (χ3v) is 4.83. The fourth-order valence-electron chi connectivity index (χ4n) is 3.07. The molecule has 0 amide bonds. The Morgan fingerprint density at radius 3 is 2.44 bits per heavy atom. The highest BCUT2D eigenvalue weighted by atomic mass is 127. The molecule has 0 bridgehead atoms. The summed E-state index contributed by atoms with van der Waals surface area (Å²) in [7, 11) is 4.00. The molecule has 1 heterocycles. The number of rotatable bonds is 7. The second kappa shape index (κ2) is 9.92. The monoisotopic (exact) mass is 479 g/mol. The summed E-state index contributed by atoms with van der Waals surface area (Å²) in [6.07, 6.45) is 2.46. The van der Waals surface area contributed by atoms with Crippen LogP contribution in [0.25, 0.3) is 0 Å². The van der Waals surface area contributed by atoms with Crippen LogP contribution in [0.15, 0.2) is 53.5 Å². The molecule has 2 N–H and O–H groups in total. The Morgan fingerprint density at radius 1 is 1.07 bits per heavy atom. The van der Waals surface area contributed by atoms with Gasteiger partial charge in [0.2, 0.25) is 0 Å². The predicted molar refractivity (Wildman–Crippen MR) is 124 cm³/mol. The molecular weight excluding hydrogens is 449 g/mol. The Morgan fingerprint density at radius 2 is 1.81 bits per heavy atom. The third kappa shape index (κ3) is 5.82. The van der Waals surface area contributed by atoms with E-state index in [2.05, 4.69) is 52.9 Å². The number of hydrogen-bond donors (Lipinski definition) is 2. The first-order chi connectivity index (χ1) is 12.6. The van der Waals surface area contributed by atoms with E-state index in [1.807, 2.05) is 37.2 Å². The fraction of sp³-hybridized carbons (Fsp3) is 0.429. The Balaban J connectivity index is 0.00000261. The first-order valence-electron chi connectivity index (χ1n) is 9.34. The number of benzene rings is 1. The molecule has 5 nitrogen and oxygen atoms in total. The van der Waals surface area contributed by atoms with E-state index in [9.17, 15) is 0 Å². The van der Waals surface area contributed by atoms with Crippen molar-refractivity contribution >= 4 is 35.8 Å². The smallest absolute Gasteiger partial charge is 0.191 e. The van der Waals surface area contributed by atoms with Crippen LogP contribution in [0.1, 0.15) is 31.0 Å². The standard InChI is InChI=1S/C21H29N5.HI/c1-4-22-20(23-15-18-11-8-12-19(25-18)26(2)3)24-16-21(13-14-21)17-9-6-5-7-10-17;/h5-12H,4,13-16H2,1-3H3,(H2,22,23,24);1H. The molecule has 0 unspecified atom stereocenters. The van der Waals surface area contributed by atoms with E-state index in [0.29, 0.717) is 6.54 Å². The maximum atomic E-state index is 4.72. The van der Waals surface area contributed by atoms with Gasteiger partial charge in [0.1, 0.15) is 5.82 Å². The molecule has 2 aromatic rings. The lowest BCUT2D eigenvalue weighted by Gasteiger charge is -2.19. The van der Waals surface area contributed by atoms with Crippen molar-refractivity contribution in [3.05, 3.63) is 59.8 Å². The Kier molecular flexibility index (Phi) is 7.89. The van der Waals surface area contributed by atoms with E-state index in [4.69, 9.17) is 4.99 Å². The molecule has 3 rings (SSSR count). The van der Waals surface area contributed by atoms with Gasteiger partial charge >= 0.3 is 0 Å². The van der Waals surface area contributed by atoms with Crippen LogP contribution in [-0.4, -0.2) is 38.1 Å². The summed E-state index contributed by atoms with van der Waals surface area (Å²) in [6, 6.07) is 16.8. The fourth-order valence-corrected chi connectivity index (χ4v) is 3.07. The molecule has 1 saturated carbocycles. The molecule has 6 heteroatoms. The molecule has 1 aliphatic rings. The molecule has 1 aromatic carbocycles. The average molecular weight is 479 g/mol. The minimum atomic E-state index is 0. The van der Waals surface area contributed by atoms with Crippen molar-refractivity contribution in [2.75, 3.05) is 32.1 Å². The Hall–Kier alpha value is -1.83. The summed E-state index contributed by atoms with van der Waals surface area (Å²) in [5.41, 5.74) is 2.65. The van der Waals surface area contributed by atoms with E-state index in [1.165, 1.54) is 18.4 Å². The second-order valence-corrected chi connectivity index (χ2v) is 7.08. The van der Waals surface area contributed by atoms with Crippen molar-refractivity contribution in [3.63, 3.8) is 0 Å². The SMILES string of the molecule is CCNC(=NCc1cccc(N(C)C)n1)NCC1(c2ccccc2)CC1.I. The number of nitrogens with zero attached hydrogens (tertiary/aromatic N) is 3. The van der Waals surface area contributed by atoms with Gasteiger partial charge in [-0.15, -0.1) is 24.0 Å². The van der Waals surface area contributed by atoms with Crippen LogP contribution in [-0.2, 0) is 12.0 Å². The number of guanidine groups is 1. The Labute approximate surface area is 179 Å². The molecule has 27 heavy (non-hydrogen) atoms. The quantitative estimate of drug-likeness (QED) is 0.363. The highest BCUT2D eigenvalue weighted by Gasteiger charge is 2.43. The molecule has 0 aliphatic heterocycles. The summed E-state index contributed by atoms with van der Waals surface area (Å²) in [6.45, 7) is 4.41. The van der Waals surface area contributed by atoms with Gasteiger partial charge in [0, 0.05) is 32.6 Å². The van der Waals surface area contributed by atoms with E-state index >= 15 is 0 Å². The lowest BCUT2D eigenvalue weighted by Crippen LogP contribution is -2.41. The van der Waals surface area contributed by atoms with Gasteiger partial charge in [0.05, 0.1) is 12.2 Å². The van der Waals surface area contributed by atoms with Crippen LogP contribution in [0.4, 0.5) is 5.82 Å². The maximum Gasteiger partial charge on any atom is 0.191 e. The van der Waals surface area contributed by atoms with E-state index < -0.39 is 0 Å². The zero-order valence-electron chi connectivity index (χ0n) is 16.4. The molecule has 0 spiro atoms. The first-order valence-corrected chi connectivity index (χ1v) is 9.34. The van der Waals surface area contributed by atoms with Crippen molar-refractivity contribution in [1.29, 1.82) is 0 Å². The van der Waals surface area contributed by atoms with E-state index in [1.54, 1.807) is 0 Å². The molecule has 0 radical (unpaired) electrons. The van der Waals surface area contributed by atoms with Gasteiger partial charge in [-0.1, -0.05) is 36.4 Å². The average Bonchev–Trinajstić information content (AvgIpc) is 3.46. The molecule has 0 atom stereocenters. The largest absolute Gasteiger partial charge is 0.363 e. The van der Waals surface area contributed by atoms with Crippen LogP contribution in [0.2, 0.25) is 0 Å². The highest BCUT2D eigenvalue weighted by molar-refractivity contribution is 14.0. The highest BCUT2D eigenvalue weighted by Crippen LogP contribution is 2.47. The molecule has 1 fully saturated rings. The zero-order chi connectivity index (χ0) is 18.4. The molecule has 0 saturated heterocycles. The van der Waals surface area contributed by atoms with Crippen LogP contribution in [0.3, 0.4) is 0 Å². The third-order valence-electron chi connectivity index (χ3n) is 4.83. The van der Waals surface area contributed by atoms with Crippen molar-refractivity contribution in [1.82, 2.24) is 15.6 Å². The second-order valence-electron chi connectivity index (χ2n) is 7.08. The minimum absolute atomic E-state index is 0. The van der Waals surface area contributed by atoms with Crippen LogP contribution in [0.5, 0.6) is 0 Å². The van der Waals surface area contributed by atoms with E-state index in [0.717, 1.165) is 30.6 Å². The lowest BCUT2D eigenvalue weighted by atomic mass is 9.96. The van der Waals surface area contributed by atoms with Crippen molar-refractivity contribution < 1.29 is 0 Å². The van der Waals surface area contributed by atoms with Crippen LogP contribution in [0, 0.1) is 0 Å². The topological polar surface area (TPSA) is 52.6 Å². The summed E-state index contributed by atoms with van der Waals surface area (Å²) >= 11 is 0. The number of halogens is 1. The normalized spacial score (nSPS) is 14.9. The van der Waals surface area contributed by atoms with Gasteiger partial charge in [0.15, 0.2) is 5.96 Å². The maximum absolute atomic E-state index is 4.72. The molecule has 1 aliphatic carbocycles. The molecule has 146 valence electrons. The number of aromatic nitrogens is 1. The number of pyridine rings is 1. The van der Waals surface area contributed by atoms with Gasteiger partial charge in [-0.25, -0.2) is 9.98 Å². The van der Waals surface area contributed by atoms with Crippen molar-refractivity contribution in [3.8, 4) is 0 Å². The molecule has 1 aromatic heterocycles. The Bertz CT molecular complexity index is 741. The van der Waals surface area contributed by atoms with Gasteiger partial charge < -0.3 is 15.5 Å². The molecular formula is C21H30IN5. The van der Waals surface area contributed by atoms with Gasteiger partial charge in [-0.2, -0.15) is 0 Å². The van der Waals surface area contributed by atoms with Crippen LogP contribution >= 0.6 is 24.0 Å². The van der Waals surface area contributed by atoms with E-state index in [-0.39, 0.29) is 29.4 Å². The summed E-state index contributed by atoms with van der Waals surface area (Å²) in [5.74, 6) is 1.81. The zero-order valence-corrected chi connectivity index (χ0v) is 18.7. The van der Waals surface area contributed by atoms with Gasteiger partial charge in [-0.3, -0.25) is 0 Å². The lowest BCUT2D eigenvalue weighted by molar-refractivity contribution is 0.645. The summed E-state index contributed by atoms with van der Waals surface area (Å²) in [5, 5.41) is 6.87. The number of nitrogens with one attached hydrogen (secondary N) is 2. The number of anilines is 1. The van der Waals surface area contributed by atoms with Gasteiger partial charge in [0.25, 0.3) is 0 Å². The van der Waals surface area contributed by atoms with Crippen molar-refractivity contribution in [2.45, 2.75) is 31.7 Å². The summed E-state index contributed by atoms with van der Waals surface area (Å²) in [4.78, 5) is 11.4. The predicted octanol–water partition coefficient (Wildman–Crippen LogP) is 3.55. The van der Waals surface area contributed by atoms with Gasteiger partial charge in [-0.05, 0) is 37.5 Å². The van der Waals surface area contributed by atoms with Crippen molar-refractivity contribution in [2.24, 2.45) is 4.99 Å².